The first-order valence-corrected chi connectivity index (χ1v) is 5.81. The molecule has 1 rings (SSSR count). The number of carbonyl (C=O) groups is 2. The minimum Gasteiger partial charge on any atom is -0.466 e. The predicted octanol–water partition coefficient (Wildman–Crippen LogP) is 2.16. The monoisotopic (exact) mass is 247 g/mol. The van der Waals surface area contributed by atoms with Crippen LogP contribution in [0.3, 0.4) is 0 Å². The topological polar surface area (TPSA) is 46.6 Å². The lowest BCUT2D eigenvalue weighted by Gasteiger charge is -2.20. The number of para-hydroxylation sites is 1. The van der Waals surface area contributed by atoms with Crippen molar-refractivity contribution in [1.82, 2.24) is 0 Å². The molecule has 0 spiro atoms. The van der Waals surface area contributed by atoms with Crippen LogP contribution in [0.4, 0.5) is 5.69 Å². The summed E-state index contributed by atoms with van der Waals surface area (Å²) in [5.74, 6) is -0.799. The maximum atomic E-state index is 12.0. The van der Waals surface area contributed by atoms with Crippen LogP contribution in [0.5, 0.6) is 0 Å². The van der Waals surface area contributed by atoms with Crippen LogP contribution in [-0.4, -0.2) is 25.0 Å². The van der Waals surface area contributed by atoms with Crippen LogP contribution in [0.15, 0.2) is 43.0 Å². The van der Waals surface area contributed by atoms with Crippen molar-refractivity contribution in [3.05, 3.63) is 43.0 Å². The fourth-order valence-electron chi connectivity index (χ4n) is 1.52. The highest BCUT2D eigenvalue weighted by Crippen LogP contribution is 2.14. The Balaban J connectivity index is 2.76. The van der Waals surface area contributed by atoms with Crippen LogP contribution < -0.4 is 4.90 Å². The number of hydrogen-bond acceptors (Lipinski definition) is 3. The Kier molecular flexibility index (Phi) is 5.64. The van der Waals surface area contributed by atoms with E-state index >= 15 is 0 Å². The third kappa shape index (κ3) is 4.05. The van der Waals surface area contributed by atoms with Gasteiger partial charge in [-0.3, -0.25) is 9.59 Å². The molecule has 0 radical (unpaired) electrons. The zero-order valence-electron chi connectivity index (χ0n) is 10.5. The van der Waals surface area contributed by atoms with Crippen molar-refractivity contribution in [2.45, 2.75) is 13.3 Å². The number of amides is 1. The van der Waals surface area contributed by atoms with Gasteiger partial charge in [0.05, 0.1) is 6.61 Å². The third-order valence-electron chi connectivity index (χ3n) is 2.28. The largest absolute Gasteiger partial charge is 0.466 e. The summed E-state index contributed by atoms with van der Waals surface area (Å²) in [5, 5.41) is 0. The van der Waals surface area contributed by atoms with Crippen molar-refractivity contribution in [3.63, 3.8) is 0 Å². The van der Waals surface area contributed by atoms with Crippen LogP contribution in [0.1, 0.15) is 13.3 Å². The summed E-state index contributed by atoms with van der Waals surface area (Å²) in [6, 6.07) is 9.16. The molecule has 1 aromatic rings. The zero-order chi connectivity index (χ0) is 13.4. The van der Waals surface area contributed by atoms with Gasteiger partial charge in [0.2, 0.25) is 5.91 Å². The summed E-state index contributed by atoms with van der Waals surface area (Å²) < 4.78 is 4.76. The molecule has 1 amide bonds. The van der Waals surface area contributed by atoms with E-state index < -0.39 is 5.97 Å². The van der Waals surface area contributed by atoms with Gasteiger partial charge in [-0.25, -0.2) is 0 Å². The van der Waals surface area contributed by atoms with Crippen molar-refractivity contribution < 1.29 is 14.3 Å². The lowest BCUT2D eigenvalue weighted by molar-refractivity contribution is -0.145. The van der Waals surface area contributed by atoms with Crippen LogP contribution in [-0.2, 0) is 14.3 Å². The molecule has 4 nitrogen and oxygen atoms in total. The molecule has 18 heavy (non-hydrogen) atoms. The molecule has 0 atom stereocenters. The molecule has 0 heterocycles. The van der Waals surface area contributed by atoms with Gasteiger partial charge in [-0.15, -0.1) is 6.58 Å². The Bertz CT molecular complexity index is 414. The highest BCUT2D eigenvalue weighted by Gasteiger charge is 2.18. The average Bonchev–Trinajstić information content (AvgIpc) is 2.37. The van der Waals surface area contributed by atoms with E-state index in [9.17, 15) is 9.59 Å². The fraction of sp³-hybridized carbons (Fsp3) is 0.286. The van der Waals surface area contributed by atoms with Crippen LogP contribution in [0.2, 0.25) is 0 Å². The van der Waals surface area contributed by atoms with Crippen molar-refractivity contribution in [1.29, 1.82) is 0 Å². The van der Waals surface area contributed by atoms with E-state index in [2.05, 4.69) is 6.58 Å². The minimum absolute atomic E-state index is 0.253. The second kappa shape index (κ2) is 7.27. The van der Waals surface area contributed by atoms with Crippen molar-refractivity contribution in [2.75, 3.05) is 18.1 Å². The van der Waals surface area contributed by atoms with Crippen LogP contribution >= 0.6 is 0 Å². The molecule has 0 N–H and O–H groups in total. The first-order valence-electron chi connectivity index (χ1n) is 5.81. The number of rotatable bonds is 6. The molecule has 0 aromatic heterocycles. The molecule has 0 fully saturated rings. The molecule has 4 heteroatoms. The molecule has 0 unspecified atom stereocenters. The predicted molar refractivity (Wildman–Crippen MR) is 70.2 cm³/mol. The van der Waals surface area contributed by atoms with E-state index in [0.29, 0.717) is 6.54 Å². The summed E-state index contributed by atoms with van der Waals surface area (Å²) in [4.78, 5) is 24.8. The molecular weight excluding hydrogens is 230 g/mol. The van der Waals surface area contributed by atoms with Gasteiger partial charge >= 0.3 is 5.97 Å². The molecular formula is C14H17NO3. The first kappa shape index (κ1) is 14.0. The van der Waals surface area contributed by atoms with Gasteiger partial charge in [-0.05, 0) is 19.1 Å². The van der Waals surface area contributed by atoms with Crippen LogP contribution in [0, 0.1) is 0 Å². The van der Waals surface area contributed by atoms with E-state index in [-0.39, 0.29) is 18.9 Å². The number of nitrogens with zero attached hydrogens (tertiary/aromatic N) is 1. The maximum Gasteiger partial charge on any atom is 0.315 e. The Morgan fingerprint density at radius 3 is 2.56 bits per heavy atom. The maximum absolute atomic E-state index is 12.0. The smallest absolute Gasteiger partial charge is 0.315 e. The van der Waals surface area contributed by atoms with Gasteiger partial charge in [0.15, 0.2) is 0 Å². The second-order valence-electron chi connectivity index (χ2n) is 3.61. The number of hydrogen-bond donors (Lipinski definition) is 0. The number of esters is 1. The average molecular weight is 247 g/mol. The normalized spacial score (nSPS) is 9.61. The summed E-state index contributed by atoms with van der Waals surface area (Å²) in [6.07, 6.45) is 1.37. The standard InChI is InChI=1S/C14H17NO3/c1-3-10-15(12-8-6-5-7-9-12)13(16)11-14(17)18-4-2/h3,5-9H,1,4,10-11H2,2H3. The van der Waals surface area contributed by atoms with Gasteiger partial charge in [0.1, 0.15) is 6.42 Å². The van der Waals surface area contributed by atoms with Crippen LogP contribution in [0.25, 0.3) is 0 Å². The molecule has 0 aliphatic heterocycles. The fourth-order valence-corrected chi connectivity index (χ4v) is 1.52. The summed E-state index contributed by atoms with van der Waals surface area (Å²) >= 11 is 0. The molecule has 0 saturated carbocycles. The van der Waals surface area contributed by atoms with Gasteiger partial charge in [-0.1, -0.05) is 24.3 Å². The number of carbonyl (C=O) groups excluding carboxylic acids is 2. The molecule has 0 aliphatic carbocycles. The molecule has 0 bridgehead atoms. The highest BCUT2D eigenvalue weighted by atomic mass is 16.5. The first-order chi connectivity index (χ1) is 8.69. The quantitative estimate of drug-likeness (QED) is 0.439. The van der Waals surface area contributed by atoms with E-state index in [1.165, 1.54) is 4.90 Å². The number of ether oxygens (including phenoxy) is 1. The molecule has 1 aromatic carbocycles. The summed E-state index contributed by atoms with van der Waals surface area (Å²) in [7, 11) is 0. The Hall–Kier alpha value is -2.10. The van der Waals surface area contributed by atoms with E-state index in [4.69, 9.17) is 4.74 Å². The lowest BCUT2D eigenvalue weighted by atomic mass is 10.2. The van der Waals surface area contributed by atoms with Gasteiger partial charge < -0.3 is 9.64 Å². The zero-order valence-corrected chi connectivity index (χ0v) is 10.5. The lowest BCUT2D eigenvalue weighted by Crippen LogP contribution is -2.32. The van der Waals surface area contributed by atoms with Gasteiger partial charge in [0, 0.05) is 12.2 Å². The summed E-state index contributed by atoms with van der Waals surface area (Å²) in [6.45, 7) is 5.96. The van der Waals surface area contributed by atoms with Crippen molar-refractivity contribution in [2.24, 2.45) is 0 Å². The Morgan fingerprint density at radius 2 is 2.00 bits per heavy atom. The van der Waals surface area contributed by atoms with Gasteiger partial charge in [0.25, 0.3) is 0 Å². The molecule has 0 aliphatic rings. The van der Waals surface area contributed by atoms with E-state index in [1.54, 1.807) is 13.0 Å². The SMILES string of the molecule is C=CCN(C(=O)CC(=O)OCC)c1ccccc1. The Morgan fingerprint density at radius 1 is 1.33 bits per heavy atom. The molecule has 96 valence electrons. The number of anilines is 1. The molecule has 0 saturated heterocycles. The minimum atomic E-state index is -0.507. The second-order valence-corrected chi connectivity index (χ2v) is 3.61. The van der Waals surface area contributed by atoms with Crippen molar-refractivity contribution >= 4 is 17.6 Å². The van der Waals surface area contributed by atoms with E-state index in [0.717, 1.165) is 5.69 Å². The van der Waals surface area contributed by atoms with Crippen molar-refractivity contribution in [3.8, 4) is 0 Å². The van der Waals surface area contributed by atoms with Gasteiger partial charge in [-0.2, -0.15) is 0 Å². The third-order valence-corrected chi connectivity index (χ3v) is 2.28. The highest BCUT2D eigenvalue weighted by molar-refractivity contribution is 6.03. The summed E-state index contributed by atoms with van der Waals surface area (Å²) in [5.41, 5.74) is 0.742. The van der Waals surface area contributed by atoms with E-state index in [1.807, 2.05) is 30.3 Å². The number of benzene rings is 1. The Labute approximate surface area is 107 Å².